The maximum Gasteiger partial charge on any atom is 0.308 e. The normalized spacial score (nSPS) is 23.6. The fourth-order valence-electron chi connectivity index (χ4n) is 3.06. The Bertz CT molecular complexity index is 600. The van der Waals surface area contributed by atoms with Gasteiger partial charge in [-0.15, -0.1) is 0 Å². The summed E-state index contributed by atoms with van der Waals surface area (Å²) in [4.78, 5) is 25.2. The summed E-state index contributed by atoms with van der Waals surface area (Å²) < 4.78 is 10.8. The van der Waals surface area contributed by atoms with E-state index in [0.717, 1.165) is 17.1 Å². The Morgan fingerprint density at radius 1 is 1.36 bits per heavy atom. The van der Waals surface area contributed by atoms with Gasteiger partial charge < -0.3 is 19.5 Å². The third kappa shape index (κ3) is 2.73. The van der Waals surface area contributed by atoms with Gasteiger partial charge in [0.05, 0.1) is 18.9 Å². The van der Waals surface area contributed by atoms with Crippen LogP contribution in [0.25, 0.3) is 0 Å². The minimum Gasteiger partial charge on any atom is -0.497 e. The van der Waals surface area contributed by atoms with Crippen LogP contribution in [0.5, 0.6) is 11.5 Å². The predicted octanol–water partition coefficient (Wildman–Crippen LogP) is 1.18. The summed E-state index contributed by atoms with van der Waals surface area (Å²) in [5.74, 6) is -0.0306. The monoisotopic (exact) mass is 305 g/mol. The lowest BCUT2D eigenvalue weighted by Gasteiger charge is -2.28. The maximum absolute atomic E-state index is 12.5. The first kappa shape index (κ1) is 14.7. The Morgan fingerprint density at radius 3 is 2.86 bits per heavy atom. The molecule has 2 heterocycles. The van der Waals surface area contributed by atoms with E-state index < -0.39 is 11.9 Å². The average Bonchev–Trinajstić information content (AvgIpc) is 3.03. The number of amides is 1. The first-order valence-electron chi connectivity index (χ1n) is 7.40. The van der Waals surface area contributed by atoms with E-state index >= 15 is 0 Å². The number of likely N-dealkylation sites (tertiary alicyclic amines) is 1. The van der Waals surface area contributed by atoms with Gasteiger partial charge in [0, 0.05) is 19.2 Å². The van der Waals surface area contributed by atoms with Gasteiger partial charge in [0.25, 0.3) is 0 Å². The smallest absolute Gasteiger partial charge is 0.308 e. The van der Waals surface area contributed by atoms with Crippen molar-refractivity contribution in [2.45, 2.75) is 12.8 Å². The molecule has 22 heavy (non-hydrogen) atoms. The molecule has 0 spiro atoms. The molecular weight excluding hydrogens is 286 g/mol. The fraction of sp³-hybridized carbons (Fsp3) is 0.500. The molecular formula is C16H19NO5. The molecule has 1 fully saturated rings. The van der Waals surface area contributed by atoms with Gasteiger partial charge in [0.2, 0.25) is 5.91 Å². The van der Waals surface area contributed by atoms with Crippen molar-refractivity contribution in [3.63, 3.8) is 0 Å². The number of benzene rings is 1. The number of carbonyl (C=O) groups excluding carboxylic acids is 1. The van der Waals surface area contributed by atoms with Crippen LogP contribution in [0.4, 0.5) is 0 Å². The highest BCUT2D eigenvalue weighted by atomic mass is 16.5. The average molecular weight is 305 g/mol. The number of nitrogens with zero attached hydrogens (tertiary/aromatic N) is 1. The zero-order chi connectivity index (χ0) is 15.7. The molecule has 1 aromatic carbocycles. The second-order valence-electron chi connectivity index (χ2n) is 5.79. The Balaban J connectivity index is 1.67. The summed E-state index contributed by atoms with van der Waals surface area (Å²) in [5, 5.41) is 9.03. The number of carbonyl (C=O) groups is 2. The van der Waals surface area contributed by atoms with Crippen LogP contribution in [0.2, 0.25) is 0 Å². The molecule has 3 rings (SSSR count). The largest absolute Gasteiger partial charge is 0.497 e. The van der Waals surface area contributed by atoms with Crippen LogP contribution in [0.3, 0.4) is 0 Å². The third-order valence-corrected chi connectivity index (χ3v) is 4.38. The number of methoxy groups -OCH3 is 1. The van der Waals surface area contributed by atoms with Crippen LogP contribution < -0.4 is 9.47 Å². The lowest BCUT2D eigenvalue weighted by molar-refractivity contribution is -0.141. The van der Waals surface area contributed by atoms with Crippen molar-refractivity contribution in [3.05, 3.63) is 23.8 Å². The molecule has 0 saturated carbocycles. The molecule has 1 N–H and O–H groups in total. The van der Waals surface area contributed by atoms with Crippen LogP contribution in [0.1, 0.15) is 12.0 Å². The molecule has 0 bridgehead atoms. The van der Waals surface area contributed by atoms with E-state index in [1.807, 2.05) is 18.2 Å². The highest BCUT2D eigenvalue weighted by Gasteiger charge is 2.35. The standard InChI is InChI=1S/C16H19NO5/c1-21-13-3-2-10-6-12(9-22-14(10)7-13)15(18)17-5-4-11(8-17)16(19)20/h2-3,7,11-12H,4-6,8-9H2,1H3,(H,19,20)/t11-,12-/m0/s1. The number of aliphatic carboxylic acids is 1. The molecule has 6 nitrogen and oxygen atoms in total. The third-order valence-electron chi connectivity index (χ3n) is 4.38. The first-order valence-corrected chi connectivity index (χ1v) is 7.40. The van der Waals surface area contributed by atoms with Crippen molar-refractivity contribution in [2.24, 2.45) is 11.8 Å². The summed E-state index contributed by atoms with van der Waals surface area (Å²) in [6.07, 6.45) is 1.15. The number of carboxylic acids is 1. The second kappa shape index (κ2) is 5.87. The van der Waals surface area contributed by atoms with Crippen molar-refractivity contribution in [2.75, 3.05) is 26.8 Å². The van der Waals surface area contributed by atoms with Crippen LogP contribution in [-0.4, -0.2) is 48.7 Å². The highest BCUT2D eigenvalue weighted by Crippen LogP contribution is 2.32. The number of hydrogen-bond donors (Lipinski definition) is 1. The van der Waals surface area contributed by atoms with E-state index in [1.165, 1.54) is 0 Å². The number of hydrogen-bond acceptors (Lipinski definition) is 4. The molecule has 118 valence electrons. The number of ether oxygens (including phenoxy) is 2. The quantitative estimate of drug-likeness (QED) is 0.907. The molecule has 1 saturated heterocycles. The van der Waals surface area contributed by atoms with E-state index in [0.29, 0.717) is 32.5 Å². The molecule has 1 aromatic rings. The van der Waals surface area contributed by atoms with Gasteiger partial charge in [-0.05, 0) is 24.5 Å². The summed E-state index contributed by atoms with van der Waals surface area (Å²) >= 11 is 0. The van der Waals surface area contributed by atoms with Crippen molar-refractivity contribution in [3.8, 4) is 11.5 Å². The van der Waals surface area contributed by atoms with E-state index in [4.69, 9.17) is 14.6 Å². The topological polar surface area (TPSA) is 76.1 Å². The van der Waals surface area contributed by atoms with E-state index in [2.05, 4.69) is 0 Å². The Labute approximate surface area is 128 Å². The summed E-state index contributed by atoms with van der Waals surface area (Å²) in [5.41, 5.74) is 0.986. The van der Waals surface area contributed by atoms with Crippen LogP contribution in [0, 0.1) is 11.8 Å². The zero-order valence-corrected chi connectivity index (χ0v) is 12.4. The lowest BCUT2D eigenvalue weighted by Crippen LogP contribution is -2.40. The molecule has 2 aliphatic heterocycles. The molecule has 0 aliphatic carbocycles. The lowest BCUT2D eigenvalue weighted by atomic mass is 9.95. The Hall–Kier alpha value is -2.24. The molecule has 1 amide bonds. The molecule has 0 radical (unpaired) electrons. The van der Waals surface area contributed by atoms with Gasteiger partial charge >= 0.3 is 5.97 Å². The van der Waals surface area contributed by atoms with Gasteiger partial charge in [-0.1, -0.05) is 6.07 Å². The van der Waals surface area contributed by atoms with Crippen LogP contribution in [0.15, 0.2) is 18.2 Å². The number of carboxylic acid groups (broad SMARTS) is 1. The summed E-state index contributed by atoms with van der Waals surface area (Å²) in [6.45, 7) is 1.15. The molecule has 2 atom stereocenters. The fourth-order valence-corrected chi connectivity index (χ4v) is 3.06. The van der Waals surface area contributed by atoms with E-state index in [1.54, 1.807) is 12.0 Å². The van der Waals surface area contributed by atoms with Gasteiger partial charge in [-0.2, -0.15) is 0 Å². The maximum atomic E-state index is 12.5. The van der Waals surface area contributed by atoms with E-state index in [-0.39, 0.29) is 11.8 Å². The summed E-state index contributed by atoms with van der Waals surface area (Å²) in [6, 6.07) is 5.59. The molecule has 6 heteroatoms. The van der Waals surface area contributed by atoms with E-state index in [9.17, 15) is 9.59 Å². The van der Waals surface area contributed by atoms with Gasteiger partial charge in [-0.3, -0.25) is 9.59 Å². The van der Waals surface area contributed by atoms with Crippen molar-refractivity contribution in [1.82, 2.24) is 4.90 Å². The van der Waals surface area contributed by atoms with Crippen LogP contribution >= 0.6 is 0 Å². The van der Waals surface area contributed by atoms with Gasteiger partial charge in [0.15, 0.2) is 0 Å². The van der Waals surface area contributed by atoms with Crippen molar-refractivity contribution >= 4 is 11.9 Å². The summed E-state index contributed by atoms with van der Waals surface area (Å²) in [7, 11) is 1.60. The minimum atomic E-state index is -0.826. The van der Waals surface area contributed by atoms with Crippen molar-refractivity contribution < 1.29 is 24.2 Å². The second-order valence-corrected chi connectivity index (χ2v) is 5.79. The number of fused-ring (bicyclic) bond motifs is 1. The van der Waals surface area contributed by atoms with Crippen LogP contribution in [-0.2, 0) is 16.0 Å². The highest BCUT2D eigenvalue weighted by molar-refractivity contribution is 5.81. The number of rotatable bonds is 3. The predicted molar refractivity (Wildman–Crippen MR) is 78.0 cm³/mol. The SMILES string of the molecule is COc1ccc2c(c1)OC[C@@H](C(=O)N1CC[C@H](C(=O)O)C1)C2. The molecule has 0 aromatic heterocycles. The van der Waals surface area contributed by atoms with Gasteiger partial charge in [-0.25, -0.2) is 0 Å². The minimum absolute atomic E-state index is 0.00906. The Kier molecular flexibility index (Phi) is 3.92. The Morgan fingerprint density at radius 2 is 2.18 bits per heavy atom. The van der Waals surface area contributed by atoms with Crippen molar-refractivity contribution in [1.29, 1.82) is 0 Å². The van der Waals surface area contributed by atoms with Gasteiger partial charge in [0.1, 0.15) is 18.1 Å². The zero-order valence-electron chi connectivity index (χ0n) is 12.4. The molecule has 0 unspecified atom stereocenters. The first-order chi connectivity index (χ1) is 10.6. The molecule has 2 aliphatic rings.